The maximum absolute atomic E-state index is 12.8. The van der Waals surface area contributed by atoms with Crippen LogP contribution in [0.2, 0.25) is 0 Å². The van der Waals surface area contributed by atoms with Gasteiger partial charge >= 0.3 is 0 Å². The molecule has 0 unspecified atom stereocenters. The Morgan fingerprint density at radius 3 is 2.47 bits per heavy atom. The third-order valence-corrected chi connectivity index (χ3v) is 6.71. The standard InChI is InChI=1S/C28H31N5O3/c1-19-15-27(33-26(30-19)17-25(31-33)21-7-9-23(35-2)10-8-21)32-13-11-22(12-14-32)28(34)29-18-20-5-4-6-24(16-20)36-3/h4-10,15-17,22H,11-14,18H2,1-3H3,(H,29,34). The predicted octanol–water partition coefficient (Wildman–Crippen LogP) is 4.25. The van der Waals surface area contributed by atoms with Crippen molar-refractivity contribution < 1.29 is 14.3 Å². The number of nitrogens with zero attached hydrogens (tertiary/aromatic N) is 4. The molecular weight excluding hydrogens is 454 g/mol. The molecule has 0 atom stereocenters. The minimum Gasteiger partial charge on any atom is -0.497 e. The van der Waals surface area contributed by atoms with E-state index >= 15 is 0 Å². The SMILES string of the molecule is COc1ccc(-c2cc3nc(C)cc(N4CCC(C(=O)NCc5cccc(OC)c5)CC4)n3n2)cc1. The van der Waals surface area contributed by atoms with Crippen molar-refractivity contribution in [3.63, 3.8) is 0 Å². The molecule has 2 aromatic heterocycles. The van der Waals surface area contributed by atoms with Gasteiger partial charge in [0.05, 0.1) is 19.9 Å². The van der Waals surface area contributed by atoms with Crippen LogP contribution in [0, 0.1) is 12.8 Å². The third kappa shape index (κ3) is 4.98. The zero-order valence-electron chi connectivity index (χ0n) is 20.9. The van der Waals surface area contributed by atoms with Crippen LogP contribution in [0.5, 0.6) is 11.5 Å². The summed E-state index contributed by atoms with van der Waals surface area (Å²) in [6, 6.07) is 19.7. The minimum absolute atomic E-state index is 0.00207. The van der Waals surface area contributed by atoms with E-state index in [0.717, 1.165) is 71.4 Å². The molecule has 1 aliphatic heterocycles. The second-order valence-electron chi connectivity index (χ2n) is 9.11. The van der Waals surface area contributed by atoms with Crippen LogP contribution in [0.4, 0.5) is 5.82 Å². The molecule has 186 valence electrons. The number of anilines is 1. The molecule has 4 aromatic rings. The van der Waals surface area contributed by atoms with Gasteiger partial charge in [0, 0.05) is 48.9 Å². The second kappa shape index (κ2) is 10.3. The summed E-state index contributed by atoms with van der Waals surface area (Å²) < 4.78 is 12.5. The fraction of sp³-hybridized carbons (Fsp3) is 0.321. The number of aryl methyl sites for hydroxylation is 1. The molecule has 1 N–H and O–H groups in total. The van der Waals surface area contributed by atoms with E-state index in [-0.39, 0.29) is 11.8 Å². The van der Waals surface area contributed by atoms with Crippen LogP contribution < -0.4 is 19.7 Å². The number of piperidine rings is 1. The summed E-state index contributed by atoms with van der Waals surface area (Å²) in [7, 11) is 3.30. The van der Waals surface area contributed by atoms with Crippen molar-refractivity contribution in [1.82, 2.24) is 19.9 Å². The van der Waals surface area contributed by atoms with E-state index in [4.69, 9.17) is 19.6 Å². The van der Waals surface area contributed by atoms with Crippen LogP contribution in [0.3, 0.4) is 0 Å². The molecule has 1 amide bonds. The Labute approximate surface area is 210 Å². The van der Waals surface area contributed by atoms with Crippen LogP contribution in [-0.2, 0) is 11.3 Å². The first-order valence-electron chi connectivity index (χ1n) is 12.2. The molecule has 1 saturated heterocycles. The largest absolute Gasteiger partial charge is 0.497 e. The zero-order valence-corrected chi connectivity index (χ0v) is 20.9. The number of hydrogen-bond donors (Lipinski definition) is 1. The van der Waals surface area contributed by atoms with Gasteiger partial charge in [-0.3, -0.25) is 4.79 Å². The molecule has 8 nitrogen and oxygen atoms in total. The van der Waals surface area contributed by atoms with Crippen LogP contribution in [0.15, 0.2) is 60.7 Å². The van der Waals surface area contributed by atoms with Crippen molar-refractivity contribution in [2.45, 2.75) is 26.3 Å². The molecule has 3 heterocycles. The molecule has 8 heteroatoms. The van der Waals surface area contributed by atoms with Gasteiger partial charge in [-0.05, 0) is 61.7 Å². The van der Waals surface area contributed by atoms with E-state index in [1.54, 1.807) is 14.2 Å². The Balaban J connectivity index is 1.27. The molecule has 2 aromatic carbocycles. The highest BCUT2D eigenvalue weighted by atomic mass is 16.5. The lowest BCUT2D eigenvalue weighted by atomic mass is 9.95. The van der Waals surface area contributed by atoms with Gasteiger partial charge < -0.3 is 19.7 Å². The highest BCUT2D eigenvalue weighted by Crippen LogP contribution is 2.28. The van der Waals surface area contributed by atoms with Crippen LogP contribution in [-0.4, -0.2) is 47.8 Å². The normalized spacial score (nSPS) is 14.1. The van der Waals surface area contributed by atoms with Gasteiger partial charge in [-0.25, -0.2) is 4.98 Å². The van der Waals surface area contributed by atoms with Gasteiger partial charge in [0.2, 0.25) is 5.91 Å². The summed E-state index contributed by atoms with van der Waals surface area (Å²) >= 11 is 0. The number of nitrogens with one attached hydrogen (secondary N) is 1. The van der Waals surface area contributed by atoms with Crippen LogP contribution in [0.1, 0.15) is 24.1 Å². The van der Waals surface area contributed by atoms with Crippen LogP contribution in [0.25, 0.3) is 16.9 Å². The Bertz CT molecular complexity index is 1360. The smallest absolute Gasteiger partial charge is 0.223 e. The number of carbonyl (C=O) groups is 1. The zero-order chi connectivity index (χ0) is 25.1. The predicted molar refractivity (Wildman–Crippen MR) is 139 cm³/mol. The average molecular weight is 486 g/mol. The minimum atomic E-state index is -0.00207. The molecule has 0 saturated carbocycles. The molecule has 1 fully saturated rings. The number of amides is 1. The quantitative estimate of drug-likeness (QED) is 0.421. The fourth-order valence-electron chi connectivity index (χ4n) is 4.70. The number of methoxy groups -OCH3 is 2. The van der Waals surface area contributed by atoms with E-state index in [0.29, 0.717) is 6.54 Å². The van der Waals surface area contributed by atoms with Gasteiger partial charge in [0.25, 0.3) is 0 Å². The number of benzene rings is 2. The number of hydrogen-bond acceptors (Lipinski definition) is 6. The summed E-state index contributed by atoms with van der Waals surface area (Å²) in [5, 5.41) is 7.96. The molecule has 0 aliphatic carbocycles. The monoisotopic (exact) mass is 485 g/mol. The summed E-state index contributed by atoms with van der Waals surface area (Å²) in [4.78, 5) is 19.8. The van der Waals surface area contributed by atoms with Crippen LogP contribution >= 0.6 is 0 Å². The lowest BCUT2D eigenvalue weighted by Gasteiger charge is -2.33. The van der Waals surface area contributed by atoms with Gasteiger partial charge in [-0.2, -0.15) is 9.61 Å². The van der Waals surface area contributed by atoms with E-state index in [1.807, 2.05) is 66.0 Å². The lowest BCUT2D eigenvalue weighted by molar-refractivity contribution is -0.125. The first-order valence-corrected chi connectivity index (χ1v) is 12.2. The summed E-state index contributed by atoms with van der Waals surface area (Å²) in [6.07, 6.45) is 1.58. The van der Waals surface area contributed by atoms with E-state index in [2.05, 4.69) is 16.3 Å². The van der Waals surface area contributed by atoms with Gasteiger partial charge in [-0.1, -0.05) is 12.1 Å². The van der Waals surface area contributed by atoms with E-state index in [1.165, 1.54) is 0 Å². The van der Waals surface area contributed by atoms with Crippen molar-refractivity contribution in [3.8, 4) is 22.8 Å². The number of fused-ring (bicyclic) bond motifs is 1. The van der Waals surface area contributed by atoms with Crippen molar-refractivity contribution in [3.05, 3.63) is 71.9 Å². The Morgan fingerprint density at radius 2 is 1.75 bits per heavy atom. The number of aromatic nitrogens is 3. The molecule has 0 spiro atoms. The second-order valence-corrected chi connectivity index (χ2v) is 9.11. The maximum Gasteiger partial charge on any atom is 0.223 e. The summed E-state index contributed by atoms with van der Waals surface area (Å²) in [5.41, 5.74) is 4.66. The molecule has 5 rings (SSSR count). The maximum atomic E-state index is 12.8. The van der Waals surface area contributed by atoms with E-state index < -0.39 is 0 Å². The fourth-order valence-corrected chi connectivity index (χ4v) is 4.70. The van der Waals surface area contributed by atoms with Gasteiger partial charge in [-0.15, -0.1) is 0 Å². The van der Waals surface area contributed by atoms with Gasteiger partial charge in [0.1, 0.15) is 17.3 Å². The van der Waals surface area contributed by atoms with Crippen molar-refractivity contribution in [2.24, 2.45) is 5.92 Å². The topological polar surface area (TPSA) is 81.0 Å². The molecule has 36 heavy (non-hydrogen) atoms. The lowest BCUT2D eigenvalue weighted by Crippen LogP contribution is -2.41. The highest BCUT2D eigenvalue weighted by molar-refractivity contribution is 5.79. The van der Waals surface area contributed by atoms with Crippen molar-refractivity contribution in [1.29, 1.82) is 0 Å². The van der Waals surface area contributed by atoms with Gasteiger partial charge in [0.15, 0.2) is 5.65 Å². The first kappa shape index (κ1) is 23.7. The average Bonchev–Trinajstić information content (AvgIpc) is 3.35. The number of rotatable bonds is 7. The molecule has 0 radical (unpaired) electrons. The Kier molecular flexibility index (Phi) is 6.75. The molecule has 1 aliphatic rings. The number of ether oxygens (including phenoxy) is 2. The summed E-state index contributed by atoms with van der Waals surface area (Å²) in [6.45, 7) is 4.07. The Morgan fingerprint density at radius 1 is 1.00 bits per heavy atom. The molecule has 0 bridgehead atoms. The summed E-state index contributed by atoms with van der Waals surface area (Å²) in [5.74, 6) is 2.72. The third-order valence-electron chi connectivity index (χ3n) is 6.71. The van der Waals surface area contributed by atoms with E-state index in [9.17, 15) is 4.79 Å². The van der Waals surface area contributed by atoms with Crippen molar-refractivity contribution >= 4 is 17.4 Å². The van der Waals surface area contributed by atoms with Crippen molar-refractivity contribution in [2.75, 3.05) is 32.2 Å². The number of carbonyl (C=O) groups excluding carboxylic acids is 1. The Hall–Kier alpha value is -4.07. The highest BCUT2D eigenvalue weighted by Gasteiger charge is 2.26. The first-order chi connectivity index (χ1) is 17.5. The molecular formula is C28H31N5O3.